The van der Waals surface area contributed by atoms with Crippen LogP contribution in [0, 0.1) is 17.2 Å². The Hall–Kier alpha value is -2.57. The van der Waals surface area contributed by atoms with Crippen molar-refractivity contribution < 1.29 is 22.3 Å². The van der Waals surface area contributed by atoms with Gasteiger partial charge in [-0.25, -0.2) is 17.2 Å². The van der Waals surface area contributed by atoms with E-state index >= 15 is 0 Å². The molecule has 2 aliphatic carbocycles. The van der Waals surface area contributed by atoms with Gasteiger partial charge in [0.2, 0.25) is 10.0 Å². The summed E-state index contributed by atoms with van der Waals surface area (Å²) in [7, 11) is -2.32. The van der Waals surface area contributed by atoms with Crippen molar-refractivity contribution in [2.45, 2.75) is 80.4 Å². The number of alkyl halides is 2. The molecule has 0 amide bonds. The molecule has 6 rings (SSSR count). The molecule has 1 saturated heterocycles. The van der Waals surface area contributed by atoms with Crippen LogP contribution in [0.15, 0.2) is 17.0 Å². The normalized spacial score (nSPS) is 24.0. The molecule has 1 aliphatic heterocycles. The van der Waals surface area contributed by atoms with Crippen LogP contribution in [0.2, 0.25) is 0 Å². The molecule has 1 unspecified atom stereocenters. The van der Waals surface area contributed by atoms with E-state index in [2.05, 4.69) is 31.0 Å². The van der Waals surface area contributed by atoms with Gasteiger partial charge in [-0.3, -0.25) is 9.58 Å². The van der Waals surface area contributed by atoms with Crippen molar-refractivity contribution in [2.24, 2.45) is 13.0 Å². The number of aliphatic hydroxyl groups excluding tert-OH is 1. The number of hydrogen-bond donors (Lipinski definition) is 2. The largest absolute Gasteiger partial charge is 0.378 e. The SMILES string of the molecule is Cn1nc(-c2nnc(C(F)F)s2)c2cc(S(=O)(=O)NC3(C#N)CC3)cc(C3CCC(C(O)N4CCCC4)CC3)c21. The number of benzene rings is 1. The molecule has 3 aliphatic rings. The van der Waals surface area contributed by atoms with Gasteiger partial charge in [-0.05, 0) is 80.9 Å². The molecule has 10 nitrogen and oxygen atoms in total. The minimum Gasteiger partial charge on any atom is -0.378 e. The molecule has 214 valence electrons. The zero-order valence-electron chi connectivity index (χ0n) is 22.1. The van der Waals surface area contributed by atoms with Gasteiger partial charge in [0.25, 0.3) is 6.43 Å². The highest BCUT2D eigenvalue weighted by Gasteiger charge is 2.47. The van der Waals surface area contributed by atoms with Gasteiger partial charge >= 0.3 is 0 Å². The van der Waals surface area contributed by atoms with E-state index in [0.29, 0.717) is 29.4 Å². The summed E-state index contributed by atoms with van der Waals surface area (Å²) in [6, 6.07) is 5.22. The lowest BCUT2D eigenvalue weighted by Gasteiger charge is -2.35. The fraction of sp³-hybridized carbons (Fsp3) is 0.615. The molecule has 1 atom stereocenters. The Kier molecular flexibility index (Phi) is 7.15. The second-order valence-electron chi connectivity index (χ2n) is 11.2. The second kappa shape index (κ2) is 10.4. The summed E-state index contributed by atoms with van der Waals surface area (Å²) in [4.78, 5) is 2.15. The van der Waals surface area contributed by atoms with Crippen molar-refractivity contribution in [2.75, 3.05) is 13.1 Å². The first-order valence-corrected chi connectivity index (χ1v) is 15.9. The number of aromatic nitrogens is 4. The highest BCUT2D eigenvalue weighted by Crippen LogP contribution is 2.44. The number of nitrogens with one attached hydrogen (secondary N) is 1. The van der Waals surface area contributed by atoms with E-state index in [0.717, 1.165) is 68.5 Å². The van der Waals surface area contributed by atoms with Gasteiger partial charge in [0.1, 0.15) is 17.5 Å². The first kappa shape index (κ1) is 27.6. The average molecular weight is 592 g/mol. The van der Waals surface area contributed by atoms with Crippen LogP contribution in [0.4, 0.5) is 8.78 Å². The molecule has 2 N–H and O–H groups in total. The number of aliphatic hydroxyl groups is 1. The second-order valence-corrected chi connectivity index (χ2v) is 13.9. The van der Waals surface area contributed by atoms with Crippen LogP contribution in [0.3, 0.4) is 0 Å². The first-order chi connectivity index (χ1) is 19.1. The number of nitrogens with zero attached hydrogens (tertiary/aromatic N) is 6. The summed E-state index contributed by atoms with van der Waals surface area (Å²) < 4.78 is 57.8. The van der Waals surface area contributed by atoms with Crippen molar-refractivity contribution in [3.63, 3.8) is 0 Å². The third-order valence-corrected chi connectivity index (χ3v) is 11.0. The number of halogens is 2. The van der Waals surface area contributed by atoms with Gasteiger partial charge < -0.3 is 5.11 Å². The molecule has 0 bridgehead atoms. The molecule has 14 heteroatoms. The molecule has 3 heterocycles. The Labute approximate surface area is 235 Å². The van der Waals surface area contributed by atoms with Crippen LogP contribution in [0.25, 0.3) is 21.6 Å². The molecule has 2 aromatic heterocycles. The summed E-state index contributed by atoms with van der Waals surface area (Å²) in [5.41, 5.74) is 0.710. The van der Waals surface area contributed by atoms with E-state index in [1.807, 2.05) is 0 Å². The minimum absolute atomic E-state index is 0.00333. The predicted octanol–water partition coefficient (Wildman–Crippen LogP) is 4.05. The molecule has 0 spiro atoms. The highest BCUT2D eigenvalue weighted by molar-refractivity contribution is 7.89. The van der Waals surface area contributed by atoms with E-state index in [4.69, 9.17) is 0 Å². The lowest BCUT2D eigenvalue weighted by molar-refractivity contribution is -0.0394. The maximum atomic E-state index is 13.5. The van der Waals surface area contributed by atoms with Gasteiger partial charge in [-0.2, -0.15) is 15.1 Å². The maximum Gasteiger partial charge on any atom is 0.291 e. The average Bonchev–Trinajstić information content (AvgIpc) is 3.33. The molecule has 40 heavy (non-hydrogen) atoms. The zero-order valence-corrected chi connectivity index (χ0v) is 23.7. The van der Waals surface area contributed by atoms with Crippen molar-refractivity contribution in [1.29, 1.82) is 5.26 Å². The molecule has 1 aromatic carbocycles. The third-order valence-electron chi connectivity index (χ3n) is 8.52. The van der Waals surface area contributed by atoms with Crippen molar-refractivity contribution in [3.8, 4) is 16.8 Å². The molecule has 3 aromatic rings. The lowest BCUT2D eigenvalue weighted by Crippen LogP contribution is -2.40. The third kappa shape index (κ3) is 5.02. The number of likely N-dealkylation sites (tertiary alicyclic amines) is 1. The van der Waals surface area contributed by atoms with Crippen LogP contribution in [-0.4, -0.2) is 63.3 Å². The topological polar surface area (TPSA) is 137 Å². The van der Waals surface area contributed by atoms with Crippen LogP contribution < -0.4 is 4.72 Å². The first-order valence-electron chi connectivity index (χ1n) is 13.6. The van der Waals surface area contributed by atoms with Crippen LogP contribution in [-0.2, 0) is 17.1 Å². The van der Waals surface area contributed by atoms with Gasteiger partial charge in [-0.15, -0.1) is 10.2 Å². The molecular formula is C26H31F2N7O3S2. The number of rotatable bonds is 8. The Morgan fingerprint density at radius 2 is 1.88 bits per heavy atom. The van der Waals surface area contributed by atoms with Crippen LogP contribution in [0.5, 0.6) is 0 Å². The van der Waals surface area contributed by atoms with Gasteiger partial charge in [-0.1, -0.05) is 11.3 Å². The molecule has 3 fully saturated rings. The predicted molar refractivity (Wildman–Crippen MR) is 144 cm³/mol. The Morgan fingerprint density at radius 3 is 2.48 bits per heavy atom. The van der Waals surface area contributed by atoms with E-state index < -0.39 is 33.2 Å². The van der Waals surface area contributed by atoms with E-state index in [1.165, 1.54) is 6.07 Å². The Morgan fingerprint density at radius 1 is 1.18 bits per heavy atom. The minimum atomic E-state index is -4.06. The smallest absolute Gasteiger partial charge is 0.291 e. The molecular weight excluding hydrogens is 560 g/mol. The van der Waals surface area contributed by atoms with Gasteiger partial charge in [0.15, 0.2) is 10.0 Å². The lowest BCUT2D eigenvalue weighted by atomic mass is 9.77. The van der Waals surface area contributed by atoms with Gasteiger partial charge in [0, 0.05) is 25.5 Å². The number of sulfonamides is 1. The summed E-state index contributed by atoms with van der Waals surface area (Å²) in [6.07, 6.45) is 2.98. The molecule has 0 radical (unpaired) electrons. The highest BCUT2D eigenvalue weighted by atomic mass is 32.2. The Bertz CT molecular complexity index is 1560. The maximum absolute atomic E-state index is 13.5. The standard InChI is InChI=1S/C26H31F2N7O3S2/c1-34-21-18(15-4-6-16(7-5-15)25(36)35-10-2-3-11-35)12-17(40(37,38)33-26(14-29)8-9-26)13-19(21)20(32-34)23-30-31-24(39-23)22(27)28/h12-13,15-16,22,25,33,36H,2-11H2,1H3. The van der Waals surface area contributed by atoms with E-state index in [1.54, 1.807) is 17.8 Å². The van der Waals surface area contributed by atoms with Crippen molar-refractivity contribution >= 4 is 32.3 Å². The number of aryl methyl sites for hydroxylation is 1. The number of nitriles is 1. The number of fused-ring (bicyclic) bond motifs is 1. The zero-order chi connectivity index (χ0) is 28.2. The van der Waals surface area contributed by atoms with Crippen molar-refractivity contribution in [3.05, 3.63) is 22.7 Å². The quantitative estimate of drug-likeness (QED) is 0.400. The fourth-order valence-electron chi connectivity index (χ4n) is 6.18. The summed E-state index contributed by atoms with van der Waals surface area (Å²) >= 11 is 0.728. The fourth-order valence-corrected chi connectivity index (χ4v) is 8.31. The van der Waals surface area contributed by atoms with Gasteiger partial charge in [0.05, 0.1) is 16.5 Å². The van der Waals surface area contributed by atoms with Crippen LogP contribution >= 0.6 is 11.3 Å². The van der Waals surface area contributed by atoms with Crippen molar-refractivity contribution in [1.82, 2.24) is 29.6 Å². The Balaban J connectivity index is 1.40. The summed E-state index contributed by atoms with van der Waals surface area (Å²) in [6.45, 7) is 1.82. The van der Waals surface area contributed by atoms with E-state index in [9.17, 15) is 27.6 Å². The molecule has 2 saturated carbocycles. The summed E-state index contributed by atoms with van der Waals surface area (Å²) in [5, 5.41) is 32.8. The summed E-state index contributed by atoms with van der Waals surface area (Å²) in [5.74, 6) is 0.167. The van der Waals surface area contributed by atoms with Crippen LogP contribution in [0.1, 0.15) is 74.3 Å². The number of hydrogen-bond acceptors (Lipinski definition) is 9. The van der Waals surface area contributed by atoms with E-state index in [-0.39, 0.29) is 21.7 Å². The monoisotopic (exact) mass is 591 g/mol.